The number of ether oxygens (including phenoxy) is 1. The molecule has 0 aliphatic carbocycles. The van der Waals surface area contributed by atoms with Gasteiger partial charge < -0.3 is 9.84 Å². The largest absolute Gasteiger partial charge is 0.504 e. The van der Waals surface area contributed by atoms with Crippen LogP contribution >= 0.6 is 0 Å². The normalized spacial score (nSPS) is 14.7. The molecule has 2 rings (SSSR count). The summed E-state index contributed by atoms with van der Waals surface area (Å²) in [5.74, 6) is 0.999. The minimum Gasteiger partial charge on any atom is -0.504 e. The molecule has 0 atom stereocenters. The van der Waals surface area contributed by atoms with Crippen LogP contribution in [0.2, 0.25) is 0 Å². The fourth-order valence-electron chi connectivity index (χ4n) is 1.01. The second kappa shape index (κ2) is 2.27. The summed E-state index contributed by atoms with van der Waals surface area (Å²) in [6.45, 7) is 0.268. The first-order valence-electron chi connectivity index (χ1n) is 3.39. The number of nitrogens with zero attached hydrogens (tertiary/aromatic N) is 1. The van der Waals surface area contributed by atoms with Crippen LogP contribution < -0.4 is 9.30 Å². The molecular formula is C8H8NO2+. The first-order chi connectivity index (χ1) is 5.36. The highest BCUT2D eigenvalue weighted by Gasteiger charge is 2.16. The van der Waals surface area contributed by atoms with E-state index in [-0.39, 0.29) is 12.4 Å². The molecule has 0 unspecified atom stereocenters. The van der Waals surface area contributed by atoms with Gasteiger partial charge in [-0.3, -0.25) is 0 Å². The minimum absolute atomic E-state index is 0.244. The van der Waals surface area contributed by atoms with Gasteiger partial charge in [0.2, 0.25) is 6.20 Å². The lowest BCUT2D eigenvalue weighted by molar-refractivity contribution is -0.582. The molecule has 56 valence electrons. The number of aliphatic hydroxyl groups is 1. The molecule has 2 heterocycles. The Balaban J connectivity index is 2.51. The van der Waals surface area contributed by atoms with Gasteiger partial charge in [0.1, 0.15) is 0 Å². The van der Waals surface area contributed by atoms with Gasteiger partial charge in [0.25, 0.3) is 0 Å². The van der Waals surface area contributed by atoms with Crippen molar-refractivity contribution in [1.29, 1.82) is 0 Å². The van der Waals surface area contributed by atoms with Crippen molar-refractivity contribution in [2.45, 2.75) is 0 Å². The van der Waals surface area contributed by atoms with Gasteiger partial charge in [0, 0.05) is 6.07 Å². The Morgan fingerprint density at radius 3 is 3.27 bits per heavy atom. The van der Waals surface area contributed by atoms with Crippen molar-refractivity contribution in [2.24, 2.45) is 0 Å². The first-order valence-corrected chi connectivity index (χ1v) is 3.39. The molecule has 0 fully saturated rings. The predicted octanol–water partition coefficient (Wildman–Crippen LogP) is 0.723. The van der Waals surface area contributed by atoms with E-state index in [1.807, 2.05) is 24.4 Å². The Morgan fingerprint density at radius 2 is 2.36 bits per heavy atom. The average molecular weight is 150 g/mol. The Labute approximate surface area is 64.2 Å². The summed E-state index contributed by atoms with van der Waals surface area (Å²) in [5, 5.41) is 9.07. The van der Waals surface area contributed by atoms with Gasteiger partial charge in [-0.15, -0.1) is 4.57 Å². The maximum Gasteiger partial charge on any atom is 0.373 e. The fraction of sp³-hybridized carbons (Fsp3) is 0.125. The SMILES string of the molecule is OC1=C[n+]2ccccc2OC1. The monoisotopic (exact) mass is 150 g/mol. The molecule has 1 aliphatic heterocycles. The Bertz CT molecular complexity index is 307. The van der Waals surface area contributed by atoms with E-state index in [0.717, 1.165) is 5.88 Å². The lowest BCUT2D eigenvalue weighted by Crippen LogP contribution is -2.33. The van der Waals surface area contributed by atoms with Crippen molar-refractivity contribution in [1.82, 2.24) is 0 Å². The highest BCUT2D eigenvalue weighted by molar-refractivity contribution is 5.20. The summed E-state index contributed by atoms with van der Waals surface area (Å²) in [7, 11) is 0. The molecular weight excluding hydrogens is 142 g/mol. The van der Waals surface area contributed by atoms with Crippen molar-refractivity contribution >= 4 is 6.20 Å². The van der Waals surface area contributed by atoms with Crippen LogP contribution in [0.5, 0.6) is 5.88 Å². The molecule has 0 bridgehead atoms. The van der Waals surface area contributed by atoms with Crippen LogP contribution in [0.1, 0.15) is 0 Å². The van der Waals surface area contributed by atoms with E-state index in [9.17, 15) is 0 Å². The summed E-state index contributed by atoms with van der Waals surface area (Å²) in [5.41, 5.74) is 0. The highest BCUT2D eigenvalue weighted by atomic mass is 16.5. The Morgan fingerprint density at radius 1 is 1.45 bits per heavy atom. The van der Waals surface area contributed by atoms with E-state index in [1.54, 1.807) is 10.8 Å². The fourth-order valence-corrected chi connectivity index (χ4v) is 1.01. The van der Waals surface area contributed by atoms with Crippen LogP contribution in [0.25, 0.3) is 6.20 Å². The van der Waals surface area contributed by atoms with Crippen molar-refractivity contribution in [3.8, 4) is 5.88 Å². The summed E-state index contributed by atoms with van der Waals surface area (Å²) in [6, 6.07) is 5.62. The van der Waals surface area contributed by atoms with Gasteiger partial charge in [0.05, 0.1) is 6.07 Å². The number of hydrogen-bond donors (Lipinski definition) is 1. The zero-order valence-electron chi connectivity index (χ0n) is 5.90. The number of aliphatic hydroxyl groups excluding tert-OH is 1. The summed E-state index contributed by atoms with van der Waals surface area (Å²) in [4.78, 5) is 0. The third-order valence-electron chi connectivity index (χ3n) is 1.51. The zero-order valence-corrected chi connectivity index (χ0v) is 5.90. The lowest BCUT2D eigenvalue weighted by Gasteiger charge is -2.06. The van der Waals surface area contributed by atoms with Crippen molar-refractivity contribution in [2.75, 3.05) is 6.61 Å². The molecule has 0 amide bonds. The second-order valence-electron chi connectivity index (χ2n) is 2.36. The van der Waals surface area contributed by atoms with Crippen LogP contribution in [0.15, 0.2) is 30.2 Å². The summed E-state index contributed by atoms with van der Waals surface area (Å²) in [6.07, 6.45) is 3.46. The van der Waals surface area contributed by atoms with Crippen molar-refractivity contribution in [3.05, 3.63) is 30.2 Å². The average Bonchev–Trinajstić information content (AvgIpc) is 2.04. The van der Waals surface area contributed by atoms with Gasteiger partial charge in [-0.2, -0.15) is 0 Å². The van der Waals surface area contributed by atoms with E-state index >= 15 is 0 Å². The summed E-state index contributed by atoms with van der Waals surface area (Å²) >= 11 is 0. The lowest BCUT2D eigenvalue weighted by atomic mass is 10.4. The van der Waals surface area contributed by atoms with Gasteiger partial charge in [-0.1, -0.05) is 0 Å². The quantitative estimate of drug-likeness (QED) is 0.553. The van der Waals surface area contributed by atoms with Gasteiger partial charge >= 0.3 is 5.88 Å². The number of fused-ring (bicyclic) bond motifs is 1. The molecule has 0 radical (unpaired) electrons. The molecule has 0 spiro atoms. The summed E-state index contributed by atoms with van der Waals surface area (Å²) < 4.78 is 6.92. The second-order valence-corrected chi connectivity index (χ2v) is 2.36. The molecule has 0 saturated carbocycles. The number of hydrogen-bond acceptors (Lipinski definition) is 2. The molecule has 1 aromatic rings. The number of rotatable bonds is 0. The van der Waals surface area contributed by atoms with Crippen LogP contribution in [-0.4, -0.2) is 11.7 Å². The van der Waals surface area contributed by atoms with Crippen LogP contribution in [0.4, 0.5) is 0 Å². The number of aromatic nitrogens is 1. The molecule has 11 heavy (non-hydrogen) atoms. The molecule has 3 nitrogen and oxygen atoms in total. The van der Waals surface area contributed by atoms with Gasteiger partial charge in [0.15, 0.2) is 18.6 Å². The third kappa shape index (κ3) is 1.05. The molecule has 0 aromatic carbocycles. The standard InChI is InChI=1S/C8H7NO2/c10-7-5-9-4-2-1-3-8(9)11-6-7/h1-5H,6H2/p+1. The molecule has 1 aromatic heterocycles. The van der Waals surface area contributed by atoms with E-state index in [1.165, 1.54) is 0 Å². The molecule has 0 saturated heterocycles. The predicted molar refractivity (Wildman–Crippen MR) is 39.0 cm³/mol. The van der Waals surface area contributed by atoms with Gasteiger partial charge in [-0.25, -0.2) is 0 Å². The maximum atomic E-state index is 9.07. The molecule has 3 heteroatoms. The maximum absolute atomic E-state index is 9.07. The zero-order chi connectivity index (χ0) is 7.68. The molecule has 1 N–H and O–H groups in total. The van der Waals surface area contributed by atoms with E-state index in [2.05, 4.69) is 0 Å². The Kier molecular flexibility index (Phi) is 1.28. The first kappa shape index (κ1) is 6.22. The Hall–Kier alpha value is -1.51. The van der Waals surface area contributed by atoms with Gasteiger partial charge in [-0.05, 0) is 6.07 Å². The van der Waals surface area contributed by atoms with Crippen LogP contribution in [0.3, 0.4) is 0 Å². The van der Waals surface area contributed by atoms with Crippen molar-refractivity contribution < 1.29 is 14.4 Å². The minimum atomic E-state index is 0.244. The topological polar surface area (TPSA) is 33.3 Å². The number of pyridine rings is 1. The molecule has 1 aliphatic rings. The van der Waals surface area contributed by atoms with Crippen molar-refractivity contribution in [3.63, 3.8) is 0 Å². The van der Waals surface area contributed by atoms with E-state index in [0.29, 0.717) is 0 Å². The van der Waals surface area contributed by atoms with E-state index < -0.39 is 0 Å². The van der Waals surface area contributed by atoms with E-state index in [4.69, 9.17) is 9.84 Å². The van der Waals surface area contributed by atoms with Crippen LogP contribution in [-0.2, 0) is 0 Å². The van der Waals surface area contributed by atoms with Crippen LogP contribution in [0, 0.1) is 0 Å². The third-order valence-corrected chi connectivity index (χ3v) is 1.51. The highest BCUT2D eigenvalue weighted by Crippen LogP contribution is 2.07. The smallest absolute Gasteiger partial charge is 0.373 e.